The van der Waals surface area contributed by atoms with Crippen LogP contribution < -0.4 is 10.7 Å². The maximum atomic E-state index is 3.72. The molecule has 0 fully saturated rings. The van der Waals surface area contributed by atoms with Crippen molar-refractivity contribution in [1.29, 1.82) is 0 Å². The van der Waals surface area contributed by atoms with Crippen molar-refractivity contribution < 1.29 is 10.7 Å². The quantitative estimate of drug-likeness (QED) is 0.382. The van der Waals surface area contributed by atoms with Gasteiger partial charge in [-0.1, -0.05) is 0 Å². The largest absolute Gasteiger partial charge is 0.276 e. The molecule has 10 heavy (non-hydrogen) atoms. The van der Waals surface area contributed by atoms with Gasteiger partial charge in [-0.2, -0.15) is 5.43 Å². The lowest BCUT2D eigenvalue weighted by Gasteiger charge is -1.58. The molecule has 0 atom stereocenters. The van der Waals surface area contributed by atoms with Gasteiger partial charge in [-0.15, -0.1) is 5.11 Å². The summed E-state index contributed by atoms with van der Waals surface area (Å²) in [5, 5.41) is 8.83. The topological polar surface area (TPSA) is 70.3 Å². The Kier molecular flexibility index (Phi) is 3.08. The Hall–Kier alpha value is -1.33. The molecule has 0 spiro atoms. The van der Waals surface area contributed by atoms with Crippen LogP contribution in [0.25, 0.3) is 0 Å². The molecule has 2 aliphatic heterocycles. The molecule has 5 heteroatoms. The number of hydrogen-bond acceptors (Lipinski definition) is 3. The van der Waals surface area contributed by atoms with E-state index in [4.69, 9.17) is 0 Å². The van der Waals surface area contributed by atoms with Gasteiger partial charge in [-0.3, -0.25) is 5.32 Å². The summed E-state index contributed by atoms with van der Waals surface area (Å²) in [5.74, 6) is 0. The third kappa shape index (κ3) is 2.85. The molecule has 0 saturated carbocycles. The van der Waals surface area contributed by atoms with E-state index in [0.717, 1.165) is 0 Å². The minimum atomic E-state index is 1.64. The molecule has 0 amide bonds. The van der Waals surface area contributed by atoms with Gasteiger partial charge in [0.2, 0.25) is 0 Å². The lowest BCUT2D eigenvalue weighted by Crippen LogP contribution is -2.74. The van der Waals surface area contributed by atoms with Crippen LogP contribution >= 0.6 is 0 Å². The van der Waals surface area contributed by atoms with Gasteiger partial charge in [0.1, 0.15) is 18.6 Å². The average molecular weight is 139 g/mol. The first-order valence-corrected chi connectivity index (χ1v) is 2.90. The number of nitrogens with zero attached hydrogens (tertiary/aromatic N) is 3. The fourth-order valence-electron chi connectivity index (χ4n) is 0.441. The number of hydrogen-bond donors (Lipinski definition) is 2. The predicted octanol–water partition coefficient (Wildman–Crippen LogP) is -1.54. The van der Waals surface area contributed by atoms with Gasteiger partial charge in [-0.25, -0.2) is 4.99 Å². The molecule has 0 aromatic rings. The zero-order valence-electron chi connectivity index (χ0n) is 5.38. The van der Waals surface area contributed by atoms with Gasteiger partial charge in [0, 0.05) is 5.22 Å². The smallest absolute Gasteiger partial charge is 0.191 e. The van der Waals surface area contributed by atoms with E-state index in [1.165, 1.54) is 0 Å². The van der Waals surface area contributed by atoms with Gasteiger partial charge in [0.15, 0.2) is 6.34 Å². The second-order valence-corrected chi connectivity index (χ2v) is 1.55. The van der Waals surface area contributed by atoms with E-state index in [0.29, 0.717) is 0 Å². The van der Waals surface area contributed by atoms with Crippen molar-refractivity contribution in [3.05, 3.63) is 24.8 Å². The highest BCUT2D eigenvalue weighted by molar-refractivity contribution is 5.45. The normalized spacial score (nSPS) is 17.6. The molecular formula is C5H9N5+2. The van der Waals surface area contributed by atoms with Crippen molar-refractivity contribution in [2.45, 2.75) is 0 Å². The van der Waals surface area contributed by atoms with E-state index in [1.54, 1.807) is 30.4 Å². The molecule has 2 rings (SSSR count). The Labute approximate surface area is 58.2 Å². The Bertz CT molecular complexity index is 148. The molecule has 0 aromatic carbocycles. The molecule has 0 radical (unpaired) electrons. The zero-order chi connectivity index (χ0) is 7.07. The molecule has 52 valence electrons. The van der Waals surface area contributed by atoms with E-state index in [9.17, 15) is 0 Å². The first-order valence-electron chi connectivity index (χ1n) is 2.90. The number of rotatable bonds is 0. The molecular weight excluding hydrogens is 130 g/mol. The van der Waals surface area contributed by atoms with Crippen LogP contribution in [0.15, 0.2) is 40.1 Å². The van der Waals surface area contributed by atoms with Gasteiger partial charge in [-0.05, 0) is 0 Å². The summed E-state index contributed by atoms with van der Waals surface area (Å²) in [4.78, 5) is 3.72. The number of quaternary nitrogens is 2. The molecule has 5 nitrogen and oxygen atoms in total. The molecule has 4 N–H and O–H groups in total. The van der Waals surface area contributed by atoms with Crippen molar-refractivity contribution in [1.82, 2.24) is 0 Å². The molecule has 0 unspecified atom stereocenters. The molecule has 0 saturated heterocycles. The van der Waals surface area contributed by atoms with Crippen molar-refractivity contribution in [3.63, 3.8) is 0 Å². The van der Waals surface area contributed by atoms with Crippen LogP contribution in [0.1, 0.15) is 0 Å². The molecule has 0 bridgehead atoms. The monoisotopic (exact) mass is 139 g/mol. The van der Waals surface area contributed by atoms with Crippen molar-refractivity contribution >= 4 is 6.34 Å². The van der Waals surface area contributed by atoms with Crippen LogP contribution in [0.3, 0.4) is 0 Å². The second-order valence-electron chi connectivity index (χ2n) is 1.55. The highest BCUT2D eigenvalue weighted by Crippen LogP contribution is 1.69. The summed E-state index contributed by atoms with van der Waals surface area (Å²) in [6.45, 7) is 0. The van der Waals surface area contributed by atoms with E-state index in [-0.39, 0.29) is 0 Å². The third-order valence-electron chi connectivity index (χ3n) is 0.828. The Morgan fingerprint density at radius 3 is 2.30 bits per heavy atom. The van der Waals surface area contributed by atoms with Crippen molar-refractivity contribution in [2.75, 3.05) is 0 Å². The van der Waals surface area contributed by atoms with E-state index >= 15 is 0 Å². The summed E-state index contributed by atoms with van der Waals surface area (Å²) in [6.07, 6.45) is 8.81. The van der Waals surface area contributed by atoms with Crippen LogP contribution in [0.4, 0.5) is 0 Å². The molecule has 2 aliphatic rings. The Morgan fingerprint density at radius 2 is 2.10 bits per heavy atom. The lowest BCUT2D eigenvalue weighted by molar-refractivity contribution is -0.595. The van der Waals surface area contributed by atoms with Gasteiger partial charge in [0.25, 0.3) is 0 Å². The highest BCUT2D eigenvalue weighted by Gasteiger charge is 1.78. The van der Waals surface area contributed by atoms with Crippen LogP contribution in [0.2, 0.25) is 0 Å². The van der Waals surface area contributed by atoms with Crippen molar-refractivity contribution in [2.24, 2.45) is 15.3 Å². The summed E-state index contributed by atoms with van der Waals surface area (Å²) in [7, 11) is 0. The number of aliphatic imine (C=N–C) groups is 1. The third-order valence-corrected chi connectivity index (χ3v) is 0.828. The summed E-state index contributed by atoms with van der Waals surface area (Å²) in [6, 6.07) is 0. The highest BCUT2D eigenvalue weighted by atomic mass is 15.4. The first kappa shape index (κ1) is 6.79. The van der Waals surface area contributed by atoms with E-state index in [1.807, 2.05) is 11.5 Å². The van der Waals surface area contributed by atoms with Gasteiger partial charge >= 0.3 is 0 Å². The van der Waals surface area contributed by atoms with E-state index in [2.05, 4.69) is 15.3 Å². The maximum absolute atomic E-state index is 3.72. The average Bonchev–Trinajstić information content (AvgIpc) is 2.67. The van der Waals surface area contributed by atoms with Gasteiger partial charge < -0.3 is 0 Å². The van der Waals surface area contributed by atoms with Crippen LogP contribution in [0.5, 0.6) is 0 Å². The van der Waals surface area contributed by atoms with Gasteiger partial charge in [0.05, 0.1) is 6.20 Å². The summed E-state index contributed by atoms with van der Waals surface area (Å²) in [5.41, 5.74) is 1.64. The zero-order valence-corrected chi connectivity index (χ0v) is 5.38. The molecule has 0 aliphatic carbocycles. The summed E-state index contributed by atoms with van der Waals surface area (Å²) >= 11 is 0. The lowest BCUT2D eigenvalue weighted by atomic mass is 11.0. The Balaban J connectivity index is 0.0000001000. The molecule has 0 aromatic heterocycles. The minimum absolute atomic E-state index is 1.64. The van der Waals surface area contributed by atoms with Crippen LogP contribution in [0, 0.1) is 0 Å². The molecule has 2 heterocycles. The fourth-order valence-corrected chi connectivity index (χ4v) is 0.441. The Morgan fingerprint density at radius 1 is 1.10 bits per heavy atom. The fraction of sp³-hybridized carbons (Fsp3) is 0. The summed E-state index contributed by atoms with van der Waals surface area (Å²) < 4.78 is 0. The SMILES string of the molecule is C1=C[NH2+]C=N1.C1=C[NH2+]N=N1. The minimum Gasteiger partial charge on any atom is -0.276 e. The second kappa shape index (κ2) is 4.54. The number of nitrogens with two attached hydrogens (primary N) is 2. The van der Waals surface area contributed by atoms with Crippen LogP contribution in [-0.4, -0.2) is 6.34 Å². The van der Waals surface area contributed by atoms with Crippen LogP contribution in [-0.2, 0) is 0 Å². The predicted molar refractivity (Wildman–Crippen MR) is 35.5 cm³/mol. The first-order chi connectivity index (χ1) is 5.00. The van der Waals surface area contributed by atoms with E-state index < -0.39 is 0 Å². The maximum Gasteiger partial charge on any atom is 0.191 e. The standard InChI is InChI=1S/C3H4N2.C2H3N3/c1-2-5-3-4-1;1-2-4-5-3-1/h1-3H,(H,4,5);1-2H,(H,3,4,5)/p+2. The van der Waals surface area contributed by atoms with Crippen molar-refractivity contribution in [3.8, 4) is 0 Å².